The van der Waals surface area contributed by atoms with Crippen LogP contribution in [0.1, 0.15) is 27.0 Å². The molecule has 1 saturated heterocycles. The molecule has 1 aromatic heterocycles. The SMILES string of the molecule is COc1ccc(CN2CCN(C(=O)c3ccc(CS(=O)(=O)c4cccc5cccnc45)c(C)c3)CC2)cc1. The number of aromatic nitrogens is 1. The molecule has 1 aliphatic heterocycles. The van der Waals surface area contributed by atoms with Crippen LogP contribution in [0.25, 0.3) is 10.9 Å². The standard InChI is InChI=1S/C30H31N3O4S/c1-22-19-25(30(34)33-17-15-32(16-18-33)20-23-8-12-27(37-2)13-9-23)10-11-26(22)21-38(35,36)28-7-3-5-24-6-4-14-31-29(24)28/h3-14,19H,15-18,20-21H2,1-2H3. The number of ether oxygens (including phenoxy) is 1. The number of benzene rings is 3. The number of para-hydroxylation sites is 1. The molecule has 0 unspecified atom stereocenters. The molecule has 0 spiro atoms. The van der Waals surface area contributed by atoms with E-state index in [2.05, 4.69) is 22.0 Å². The minimum Gasteiger partial charge on any atom is -0.497 e. The second kappa shape index (κ2) is 10.9. The monoisotopic (exact) mass is 529 g/mol. The number of sulfone groups is 1. The molecule has 1 fully saturated rings. The van der Waals surface area contributed by atoms with E-state index < -0.39 is 9.84 Å². The van der Waals surface area contributed by atoms with Crippen molar-refractivity contribution in [2.24, 2.45) is 0 Å². The van der Waals surface area contributed by atoms with E-state index in [9.17, 15) is 13.2 Å². The first-order chi connectivity index (χ1) is 18.3. The van der Waals surface area contributed by atoms with Crippen molar-refractivity contribution in [1.82, 2.24) is 14.8 Å². The molecule has 0 N–H and O–H groups in total. The molecule has 1 aliphatic rings. The first-order valence-electron chi connectivity index (χ1n) is 12.6. The summed E-state index contributed by atoms with van der Waals surface area (Å²) in [6.45, 7) is 5.59. The second-order valence-electron chi connectivity index (χ2n) is 9.65. The van der Waals surface area contributed by atoms with Crippen molar-refractivity contribution in [2.75, 3.05) is 33.3 Å². The third-order valence-electron chi connectivity index (χ3n) is 7.09. The lowest BCUT2D eigenvalue weighted by Gasteiger charge is -2.35. The highest BCUT2D eigenvalue weighted by atomic mass is 32.2. The highest BCUT2D eigenvalue weighted by Gasteiger charge is 2.24. The number of aryl methyl sites for hydroxylation is 1. The van der Waals surface area contributed by atoms with E-state index in [4.69, 9.17) is 4.74 Å². The highest BCUT2D eigenvalue weighted by Crippen LogP contribution is 2.26. The summed E-state index contributed by atoms with van der Waals surface area (Å²) in [4.78, 5) is 22.0. The molecule has 0 bridgehead atoms. The van der Waals surface area contributed by atoms with Gasteiger partial charge < -0.3 is 9.64 Å². The number of carbonyl (C=O) groups is 1. The number of rotatable bonds is 7. The second-order valence-corrected chi connectivity index (χ2v) is 11.6. The van der Waals surface area contributed by atoms with Gasteiger partial charge in [-0.25, -0.2) is 8.42 Å². The average molecular weight is 530 g/mol. The molecule has 196 valence electrons. The third-order valence-corrected chi connectivity index (χ3v) is 8.78. The van der Waals surface area contributed by atoms with Crippen molar-refractivity contribution in [1.29, 1.82) is 0 Å². The minimum atomic E-state index is -3.62. The molecule has 3 aromatic carbocycles. The van der Waals surface area contributed by atoms with Gasteiger partial charge in [-0.2, -0.15) is 0 Å². The first-order valence-corrected chi connectivity index (χ1v) is 14.3. The fourth-order valence-corrected chi connectivity index (χ4v) is 6.52. The van der Waals surface area contributed by atoms with Crippen LogP contribution in [0.5, 0.6) is 5.75 Å². The number of hydrogen-bond acceptors (Lipinski definition) is 6. The summed E-state index contributed by atoms with van der Waals surface area (Å²) in [5.74, 6) is 0.672. The Hall–Kier alpha value is -3.75. The summed E-state index contributed by atoms with van der Waals surface area (Å²) >= 11 is 0. The van der Waals surface area contributed by atoms with Crippen LogP contribution < -0.4 is 4.74 Å². The first kappa shape index (κ1) is 25.9. The lowest BCUT2D eigenvalue weighted by Crippen LogP contribution is -2.48. The molecule has 7 nitrogen and oxygen atoms in total. The van der Waals surface area contributed by atoms with Crippen LogP contribution in [-0.2, 0) is 22.1 Å². The normalized spacial score (nSPS) is 14.5. The van der Waals surface area contributed by atoms with E-state index in [1.807, 2.05) is 36.1 Å². The number of piperazine rings is 1. The maximum Gasteiger partial charge on any atom is 0.253 e. The Morgan fingerprint density at radius 2 is 1.68 bits per heavy atom. The smallest absolute Gasteiger partial charge is 0.253 e. The molecule has 2 heterocycles. The van der Waals surface area contributed by atoms with Gasteiger partial charge in [0.2, 0.25) is 0 Å². The Morgan fingerprint density at radius 1 is 0.947 bits per heavy atom. The summed E-state index contributed by atoms with van der Waals surface area (Å²) in [6.07, 6.45) is 1.60. The van der Waals surface area contributed by atoms with Crippen LogP contribution in [0.4, 0.5) is 0 Å². The molecule has 0 radical (unpaired) electrons. The molecular weight excluding hydrogens is 498 g/mol. The predicted octanol–water partition coefficient (Wildman–Crippen LogP) is 4.48. The maximum absolute atomic E-state index is 13.3. The lowest BCUT2D eigenvalue weighted by atomic mass is 10.1. The Balaban J connectivity index is 1.23. The van der Waals surface area contributed by atoms with Gasteiger partial charge in [0.25, 0.3) is 5.91 Å². The Morgan fingerprint density at radius 3 is 2.39 bits per heavy atom. The van der Waals surface area contributed by atoms with E-state index in [1.165, 1.54) is 5.56 Å². The molecule has 38 heavy (non-hydrogen) atoms. The summed E-state index contributed by atoms with van der Waals surface area (Å²) in [6, 6.07) is 22.2. The number of fused-ring (bicyclic) bond motifs is 1. The largest absolute Gasteiger partial charge is 0.497 e. The van der Waals surface area contributed by atoms with Gasteiger partial charge in [-0.15, -0.1) is 0 Å². The van der Waals surface area contributed by atoms with Crippen molar-refractivity contribution >= 4 is 26.6 Å². The number of hydrogen-bond donors (Lipinski definition) is 0. The summed E-state index contributed by atoms with van der Waals surface area (Å²) in [7, 11) is -1.96. The van der Waals surface area contributed by atoms with Gasteiger partial charge in [0.15, 0.2) is 9.84 Å². The summed E-state index contributed by atoms with van der Waals surface area (Å²) in [5, 5.41) is 0.787. The molecule has 0 saturated carbocycles. The van der Waals surface area contributed by atoms with Crippen molar-refractivity contribution in [3.05, 3.63) is 101 Å². The molecule has 5 rings (SSSR count). The summed E-state index contributed by atoms with van der Waals surface area (Å²) in [5.41, 5.74) is 3.74. The zero-order valence-electron chi connectivity index (χ0n) is 21.6. The summed E-state index contributed by atoms with van der Waals surface area (Å²) < 4.78 is 31.8. The van der Waals surface area contributed by atoms with Gasteiger partial charge in [-0.3, -0.25) is 14.7 Å². The van der Waals surface area contributed by atoms with Gasteiger partial charge in [0.1, 0.15) is 5.75 Å². The van der Waals surface area contributed by atoms with Crippen molar-refractivity contribution < 1.29 is 17.9 Å². The van der Waals surface area contributed by atoms with E-state index in [0.29, 0.717) is 29.7 Å². The molecule has 0 aliphatic carbocycles. The quantitative estimate of drug-likeness (QED) is 0.351. The third kappa shape index (κ3) is 5.56. The lowest BCUT2D eigenvalue weighted by molar-refractivity contribution is 0.0628. The van der Waals surface area contributed by atoms with Gasteiger partial charge in [-0.05, 0) is 60.0 Å². The zero-order chi connectivity index (χ0) is 26.7. The number of methoxy groups -OCH3 is 1. The molecule has 0 atom stereocenters. The number of nitrogens with zero attached hydrogens (tertiary/aromatic N) is 3. The fraction of sp³-hybridized carbons (Fsp3) is 0.267. The van der Waals surface area contributed by atoms with Crippen molar-refractivity contribution in [3.8, 4) is 5.75 Å². The average Bonchev–Trinajstić information content (AvgIpc) is 2.94. The topological polar surface area (TPSA) is 79.8 Å². The van der Waals surface area contributed by atoms with Crippen LogP contribution in [0.3, 0.4) is 0 Å². The molecule has 4 aromatic rings. The minimum absolute atomic E-state index is 0.0233. The van der Waals surface area contributed by atoms with Crippen LogP contribution in [-0.4, -0.2) is 62.4 Å². The number of carbonyl (C=O) groups excluding carboxylic acids is 1. The Bertz CT molecular complexity index is 1560. The van der Waals surface area contributed by atoms with Crippen LogP contribution in [0, 0.1) is 6.92 Å². The maximum atomic E-state index is 13.3. The van der Waals surface area contributed by atoms with Crippen molar-refractivity contribution in [2.45, 2.75) is 24.1 Å². The zero-order valence-corrected chi connectivity index (χ0v) is 22.4. The van der Waals surface area contributed by atoms with E-state index >= 15 is 0 Å². The van der Waals surface area contributed by atoms with E-state index in [-0.39, 0.29) is 16.6 Å². The Labute approximate surface area is 223 Å². The van der Waals surface area contributed by atoms with E-state index in [1.54, 1.807) is 49.7 Å². The van der Waals surface area contributed by atoms with Crippen LogP contribution in [0.15, 0.2) is 83.9 Å². The van der Waals surface area contributed by atoms with Gasteiger partial charge in [-0.1, -0.05) is 36.4 Å². The van der Waals surface area contributed by atoms with Crippen LogP contribution >= 0.6 is 0 Å². The number of amides is 1. The fourth-order valence-electron chi connectivity index (χ4n) is 4.88. The van der Waals surface area contributed by atoms with E-state index in [0.717, 1.165) is 36.3 Å². The molecule has 1 amide bonds. The Kier molecular flexibility index (Phi) is 7.44. The van der Waals surface area contributed by atoms with Gasteiger partial charge in [0, 0.05) is 49.9 Å². The van der Waals surface area contributed by atoms with Crippen LogP contribution in [0.2, 0.25) is 0 Å². The van der Waals surface area contributed by atoms with Gasteiger partial charge >= 0.3 is 0 Å². The number of pyridine rings is 1. The molecular formula is C30H31N3O4S. The van der Waals surface area contributed by atoms with Gasteiger partial charge in [0.05, 0.1) is 23.3 Å². The highest BCUT2D eigenvalue weighted by molar-refractivity contribution is 7.90. The molecule has 8 heteroatoms. The van der Waals surface area contributed by atoms with Crippen molar-refractivity contribution in [3.63, 3.8) is 0 Å². The predicted molar refractivity (Wildman–Crippen MR) is 148 cm³/mol.